The summed E-state index contributed by atoms with van der Waals surface area (Å²) in [6.07, 6.45) is 3.89. The van der Waals surface area contributed by atoms with Crippen molar-refractivity contribution in [2.24, 2.45) is 0 Å². The molecule has 0 aromatic carbocycles. The molecule has 122 valence electrons. The fourth-order valence-electron chi connectivity index (χ4n) is 1.73. The van der Waals surface area contributed by atoms with E-state index in [0.29, 0.717) is 19.8 Å². The molecular formula is C12H19N3O6Si. The van der Waals surface area contributed by atoms with Crippen LogP contribution >= 0.6 is 0 Å². The van der Waals surface area contributed by atoms with Gasteiger partial charge >= 0.3 is 14.8 Å². The Bertz CT molecular complexity index is 384. The average molecular weight is 329 g/mol. The van der Waals surface area contributed by atoms with Crippen molar-refractivity contribution in [3.63, 3.8) is 0 Å². The lowest BCUT2D eigenvalue weighted by atomic mass is 10.4. The predicted octanol–water partition coefficient (Wildman–Crippen LogP) is 1.57. The Hall–Kier alpha value is -2.03. The highest BCUT2D eigenvalue weighted by Crippen LogP contribution is 2.27. The van der Waals surface area contributed by atoms with Gasteiger partial charge in [0.05, 0.1) is 6.42 Å². The van der Waals surface area contributed by atoms with E-state index < -0.39 is 14.8 Å². The Balaban J connectivity index is 5.20. The number of rotatable bonds is 12. The molecule has 0 amide bonds. The molecule has 0 aromatic heterocycles. The molecule has 0 saturated carbocycles. The Labute approximate surface area is 130 Å². The van der Waals surface area contributed by atoms with Crippen molar-refractivity contribution in [3.05, 3.63) is 0 Å². The van der Waals surface area contributed by atoms with Crippen molar-refractivity contribution in [2.75, 3.05) is 19.8 Å². The van der Waals surface area contributed by atoms with Crippen LogP contribution in [0.3, 0.4) is 0 Å². The summed E-state index contributed by atoms with van der Waals surface area (Å²) in [6.45, 7) is 6.44. The minimum atomic E-state index is -3.06. The molecule has 0 saturated heterocycles. The predicted molar refractivity (Wildman–Crippen MR) is 72.9 cm³/mol. The minimum Gasteiger partial charge on any atom is -0.374 e. The SMILES string of the molecule is CCO[Si](CCC(OC#N)(OC#N)OC#N)(OCC)OCC. The molecule has 0 spiro atoms. The summed E-state index contributed by atoms with van der Waals surface area (Å²) in [5, 5.41) is 26.0. The highest BCUT2D eigenvalue weighted by molar-refractivity contribution is 6.60. The van der Waals surface area contributed by atoms with Gasteiger partial charge in [-0.1, -0.05) is 0 Å². The van der Waals surface area contributed by atoms with Crippen LogP contribution in [0.5, 0.6) is 0 Å². The Morgan fingerprint density at radius 2 is 1.14 bits per heavy atom. The molecule has 0 aliphatic rings. The molecule has 0 unspecified atom stereocenters. The van der Waals surface area contributed by atoms with Gasteiger partial charge in [-0.15, -0.1) is 0 Å². The quantitative estimate of drug-likeness (QED) is 0.298. The van der Waals surface area contributed by atoms with Crippen LogP contribution in [0.2, 0.25) is 6.04 Å². The first-order chi connectivity index (χ1) is 10.6. The molecule has 0 atom stereocenters. The van der Waals surface area contributed by atoms with Gasteiger partial charge in [-0.05, 0) is 20.8 Å². The Kier molecular flexibility index (Phi) is 9.67. The molecule has 0 aliphatic heterocycles. The molecule has 22 heavy (non-hydrogen) atoms. The van der Waals surface area contributed by atoms with E-state index >= 15 is 0 Å². The van der Waals surface area contributed by atoms with E-state index in [-0.39, 0.29) is 12.5 Å². The van der Waals surface area contributed by atoms with Crippen LogP contribution < -0.4 is 0 Å². The van der Waals surface area contributed by atoms with Gasteiger partial charge < -0.3 is 27.5 Å². The van der Waals surface area contributed by atoms with Gasteiger partial charge in [0.15, 0.2) is 0 Å². The highest BCUT2D eigenvalue weighted by Gasteiger charge is 2.48. The molecule has 10 heteroatoms. The van der Waals surface area contributed by atoms with E-state index in [1.807, 2.05) is 0 Å². The molecular weight excluding hydrogens is 310 g/mol. The van der Waals surface area contributed by atoms with Crippen LogP contribution in [0.15, 0.2) is 0 Å². The van der Waals surface area contributed by atoms with Crippen molar-refractivity contribution < 1.29 is 27.5 Å². The van der Waals surface area contributed by atoms with Crippen LogP contribution in [0.25, 0.3) is 0 Å². The van der Waals surface area contributed by atoms with Gasteiger partial charge in [0.1, 0.15) is 0 Å². The fourth-order valence-corrected chi connectivity index (χ4v) is 4.35. The number of ether oxygens (including phenoxy) is 3. The average Bonchev–Trinajstić information content (AvgIpc) is 2.47. The zero-order valence-electron chi connectivity index (χ0n) is 12.8. The monoisotopic (exact) mass is 329 g/mol. The summed E-state index contributed by atoms with van der Waals surface area (Å²) in [5.74, 6) is -2.14. The summed E-state index contributed by atoms with van der Waals surface area (Å²) < 4.78 is 30.7. The third-order valence-corrected chi connectivity index (χ3v) is 5.48. The van der Waals surface area contributed by atoms with E-state index in [1.165, 1.54) is 18.8 Å². The summed E-state index contributed by atoms with van der Waals surface area (Å²) in [5.41, 5.74) is 0. The first-order valence-corrected chi connectivity index (χ1v) is 8.63. The first-order valence-electron chi connectivity index (χ1n) is 6.70. The zero-order chi connectivity index (χ0) is 16.9. The second-order valence-electron chi connectivity index (χ2n) is 3.75. The van der Waals surface area contributed by atoms with E-state index in [2.05, 4.69) is 14.2 Å². The molecule has 9 nitrogen and oxygen atoms in total. The van der Waals surface area contributed by atoms with Gasteiger partial charge in [0.2, 0.25) is 0 Å². The van der Waals surface area contributed by atoms with E-state index in [0.717, 1.165) is 0 Å². The van der Waals surface area contributed by atoms with Crippen molar-refractivity contribution in [1.82, 2.24) is 0 Å². The molecule has 0 bridgehead atoms. The second kappa shape index (κ2) is 10.7. The van der Waals surface area contributed by atoms with Crippen LogP contribution in [-0.2, 0) is 27.5 Å². The summed E-state index contributed by atoms with van der Waals surface area (Å²) in [7, 11) is -3.06. The number of nitrogens with zero attached hydrogens (tertiary/aromatic N) is 3. The third kappa shape index (κ3) is 6.16. The maximum Gasteiger partial charge on any atom is 0.501 e. The van der Waals surface area contributed by atoms with Crippen molar-refractivity contribution in [1.29, 1.82) is 15.8 Å². The van der Waals surface area contributed by atoms with Crippen molar-refractivity contribution in [3.8, 4) is 18.8 Å². The third-order valence-electron chi connectivity index (χ3n) is 2.43. The Morgan fingerprint density at radius 3 is 1.41 bits per heavy atom. The summed E-state index contributed by atoms with van der Waals surface area (Å²) in [6, 6.07) is 0.132. The summed E-state index contributed by atoms with van der Waals surface area (Å²) >= 11 is 0. The molecule has 0 fully saturated rings. The maximum atomic E-state index is 8.66. The van der Waals surface area contributed by atoms with Crippen molar-refractivity contribution in [2.45, 2.75) is 39.2 Å². The van der Waals surface area contributed by atoms with Gasteiger partial charge in [0, 0.05) is 25.9 Å². The van der Waals surface area contributed by atoms with Crippen LogP contribution in [0.4, 0.5) is 0 Å². The van der Waals surface area contributed by atoms with Gasteiger partial charge in [-0.3, -0.25) is 0 Å². The molecule has 0 N–H and O–H groups in total. The molecule has 0 aliphatic carbocycles. The number of hydrogen-bond acceptors (Lipinski definition) is 9. The van der Waals surface area contributed by atoms with Gasteiger partial charge in [-0.2, -0.15) is 15.8 Å². The van der Waals surface area contributed by atoms with Crippen LogP contribution in [0, 0.1) is 34.6 Å². The molecule has 0 radical (unpaired) electrons. The molecule has 0 rings (SSSR count). The lowest BCUT2D eigenvalue weighted by Gasteiger charge is -2.31. The Morgan fingerprint density at radius 1 is 0.773 bits per heavy atom. The second-order valence-corrected chi connectivity index (χ2v) is 6.48. The zero-order valence-corrected chi connectivity index (χ0v) is 13.8. The topological polar surface area (TPSA) is 127 Å². The number of hydrogen-bond donors (Lipinski definition) is 0. The maximum absolute atomic E-state index is 8.66. The smallest absolute Gasteiger partial charge is 0.374 e. The minimum absolute atomic E-state index is 0.132. The van der Waals surface area contributed by atoms with E-state index in [1.54, 1.807) is 20.8 Å². The molecule has 0 aromatic rings. The summed E-state index contributed by atoms with van der Waals surface area (Å²) in [4.78, 5) is 0. The lowest BCUT2D eigenvalue weighted by Crippen LogP contribution is -2.48. The highest BCUT2D eigenvalue weighted by atomic mass is 28.4. The number of nitriles is 3. The van der Waals surface area contributed by atoms with Crippen LogP contribution in [0.1, 0.15) is 27.2 Å². The largest absolute Gasteiger partial charge is 0.501 e. The van der Waals surface area contributed by atoms with Gasteiger partial charge in [-0.25, -0.2) is 0 Å². The first kappa shape index (κ1) is 20.0. The lowest BCUT2D eigenvalue weighted by molar-refractivity contribution is -0.304. The van der Waals surface area contributed by atoms with Crippen LogP contribution in [-0.4, -0.2) is 34.6 Å². The van der Waals surface area contributed by atoms with E-state index in [9.17, 15) is 0 Å². The van der Waals surface area contributed by atoms with Gasteiger partial charge in [0.25, 0.3) is 18.8 Å². The van der Waals surface area contributed by atoms with Crippen molar-refractivity contribution >= 4 is 8.80 Å². The van der Waals surface area contributed by atoms with E-state index in [4.69, 9.17) is 29.1 Å². The molecule has 0 heterocycles. The fraction of sp³-hybridized carbons (Fsp3) is 0.750. The standard InChI is InChI=1S/C12H19N3O6Si/c1-4-19-22(20-5-2,21-6-3)8-7-12(16-9-13,17-10-14)18-11-15/h4-8H2,1-3H3. The normalized spacial score (nSPS) is 10.9.